The summed E-state index contributed by atoms with van der Waals surface area (Å²) in [6.07, 6.45) is 9.87. The second-order valence-corrected chi connectivity index (χ2v) is 17.2. The number of hydrogen-bond acceptors (Lipinski definition) is 13. The van der Waals surface area contributed by atoms with Gasteiger partial charge in [-0.1, -0.05) is 37.1 Å². The summed E-state index contributed by atoms with van der Waals surface area (Å²) in [4.78, 5) is 78.1. The number of rotatable bonds is 16. The van der Waals surface area contributed by atoms with Crippen LogP contribution in [0.1, 0.15) is 91.0 Å². The molecule has 5 aromatic rings. The van der Waals surface area contributed by atoms with Gasteiger partial charge in [-0.05, 0) is 100 Å². The summed E-state index contributed by atoms with van der Waals surface area (Å²) in [5.74, 6) is -0.703. The molecule has 338 valence electrons. The van der Waals surface area contributed by atoms with Crippen LogP contribution in [0.2, 0.25) is 0 Å². The number of ether oxygens (including phenoxy) is 2. The van der Waals surface area contributed by atoms with E-state index in [-0.39, 0.29) is 48.3 Å². The highest BCUT2D eigenvalue weighted by Gasteiger charge is 2.46. The van der Waals surface area contributed by atoms with Gasteiger partial charge in [0.2, 0.25) is 11.8 Å². The second-order valence-electron chi connectivity index (χ2n) is 17.2. The molecule has 1 aliphatic carbocycles. The maximum absolute atomic E-state index is 13.3. The van der Waals surface area contributed by atoms with E-state index in [9.17, 15) is 24.0 Å². The van der Waals surface area contributed by atoms with Crippen molar-refractivity contribution in [1.29, 1.82) is 0 Å². The Kier molecular flexibility index (Phi) is 13.1. The molecule has 2 saturated heterocycles. The lowest BCUT2D eigenvalue weighted by atomic mass is 9.90. The van der Waals surface area contributed by atoms with Crippen LogP contribution in [0.15, 0.2) is 79.1 Å². The minimum absolute atomic E-state index is 0.0192. The molecule has 5 heterocycles. The molecule has 9 rings (SSSR count). The summed E-state index contributed by atoms with van der Waals surface area (Å²) in [7, 11) is 0. The van der Waals surface area contributed by atoms with Crippen molar-refractivity contribution in [2.24, 2.45) is 0 Å². The number of piperazine rings is 1. The van der Waals surface area contributed by atoms with Gasteiger partial charge in [0.1, 0.15) is 41.1 Å². The van der Waals surface area contributed by atoms with Crippen molar-refractivity contribution >= 4 is 46.4 Å². The number of nitrogen functional groups attached to an aromatic ring is 1. The van der Waals surface area contributed by atoms with Crippen LogP contribution >= 0.6 is 0 Å². The Balaban J connectivity index is 0.665. The van der Waals surface area contributed by atoms with Crippen molar-refractivity contribution in [3.05, 3.63) is 90.3 Å². The summed E-state index contributed by atoms with van der Waals surface area (Å²) in [6.45, 7) is 5.52. The van der Waals surface area contributed by atoms with Gasteiger partial charge >= 0.3 is 0 Å². The number of hydrogen-bond donors (Lipinski definition) is 3. The van der Waals surface area contributed by atoms with Crippen LogP contribution < -0.4 is 25.8 Å². The zero-order chi connectivity index (χ0) is 44.9. The van der Waals surface area contributed by atoms with Crippen LogP contribution in [0, 0.1) is 0 Å². The molecule has 0 radical (unpaired) electrons. The topological polar surface area (TPSA) is 207 Å². The largest absolute Gasteiger partial charge is 0.483 e. The summed E-state index contributed by atoms with van der Waals surface area (Å²) in [5.41, 5.74) is 9.07. The van der Waals surface area contributed by atoms with Gasteiger partial charge in [0.05, 0.1) is 22.6 Å². The Labute approximate surface area is 376 Å². The van der Waals surface area contributed by atoms with Gasteiger partial charge in [-0.3, -0.25) is 39.1 Å². The lowest BCUT2D eigenvalue weighted by Gasteiger charge is -2.42. The van der Waals surface area contributed by atoms with E-state index in [1.807, 2.05) is 54.6 Å². The van der Waals surface area contributed by atoms with Gasteiger partial charge in [0.25, 0.3) is 17.7 Å². The van der Waals surface area contributed by atoms with Crippen molar-refractivity contribution in [3.8, 4) is 28.5 Å². The number of fused-ring (bicyclic) bond motifs is 2. The third kappa shape index (κ3) is 9.56. The van der Waals surface area contributed by atoms with Gasteiger partial charge < -0.3 is 25.4 Å². The fraction of sp³-hybridized carbons (Fsp3) is 0.417. The van der Waals surface area contributed by atoms with E-state index >= 15 is 0 Å². The van der Waals surface area contributed by atoms with E-state index in [1.54, 1.807) is 6.07 Å². The van der Waals surface area contributed by atoms with Crippen molar-refractivity contribution in [2.75, 3.05) is 51.6 Å². The first-order valence-corrected chi connectivity index (χ1v) is 22.7. The standard InChI is InChI=1S/C48H54N10O7/c49-44-42-43(31-13-19-35(20-14-31)65-34-9-4-3-5-10-34)54-58(45(42)52-30-51-44)33-17-15-32(16-18-33)56-27-25-55(26-28-56)24-7-2-1-6-23-50-40(60)29-64-38-12-8-11-36-41(38)48(63)57(47(36)62)37-21-22-39(59)53-46(37)61/h3-5,8-14,19-20,30,32-33,37H,1-2,6-7,15-18,21-29H2,(H,50,60)(H2,49,51,52)(H,53,59,61)/t32-,33-,37?. The lowest BCUT2D eigenvalue weighted by Crippen LogP contribution is -2.54. The molecular weight excluding hydrogens is 829 g/mol. The first-order chi connectivity index (χ1) is 31.7. The first kappa shape index (κ1) is 43.5. The molecule has 1 unspecified atom stereocenters. The number of carbonyl (C=O) groups is 5. The molecule has 17 heteroatoms. The van der Waals surface area contributed by atoms with Crippen molar-refractivity contribution < 1.29 is 33.4 Å². The molecule has 65 heavy (non-hydrogen) atoms. The molecule has 4 N–H and O–H groups in total. The summed E-state index contributed by atoms with van der Waals surface area (Å²) < 4.78 is 13.8. The summed E-state index contributed by atoms with van der Waals surface area (Å²) in [5, 5.41) is 11.0. The lowest BCUT2D eigenvalue weighted by molar-refractivity contribution is -0.136. The Morgan fingerprint density at radius 3 is 2.29 bits per heavy atom. The van der Waals surface area contributed by atoms with Crippen LogP contribution in [-0.4, -0.2) is 122 Å². The minimum Gasteiger partial charge on any atom is -0.483 e. The van der Waals surface area contributed by atoms with Gasteiger partial charge in [-0.15, -0.1) is 0 Å². The van der Waals surface area contributed by atoms with E-state index in [4.69, 9.17) is 20.3 Å². The average molecular weight is 883 g/mol. The molecule has 4 aliphatic rings. The van der Waals surface area contributed by atoms with E-state index in [0.29, 0.717) is 18.4 Å². The number of unbranched alkanes of at least 4 members (excludes halogenated alkanes) is 3. The Bertz CT molecular complexity index is 2550. The fourth-order valence-corrected chi connectivity index (χ4v) is 9.62. The molecule has 3 aliphatic heterocycles. The fourth-order valence-electron chi connectivity index (χ4n) is 9.62. The normalized spacial score (nSPS) is 20.5. The monoisotopic (exact) mass is 882 g/mol. The minimum atomic E-state index is -1.08. The number of nitrogens with two attached hydrogens (primary N) is 1. The number of benzene rings is 3. The summed E-state index contributed by atoms with van der Waals surface area (Å²) >= 11 is 0. The van der Waals surface area contributed by atoms with Crippen LogP contribution in [-0.2, 0) is 14.4 Å². The zero-order valence-electron chi connectivity index (χ0n) is 36.3. The highest BCUT2D eigenvalue weighted by molar-refractivity contribution is 6.24. The van der Waals surface area contributed by atoms with Crippen molar-refractivity contribution in [3.63, 3.8) is 0 Å². The highest BCUT2D eigenvalue weighted by atomic mass is 16.5. The van der Waals surface area contributed by atoms with E-state index in [0.717, 1.165) is 123 Å². The molecule has 0 spiro atoms. The smallest absolute Gasteiger partial charge is 0.266 e. The van der Waals surface area contributed by atoms with Gasteiger partial charge in [-0.25, -0.2) is 14.6 Å². The Morgan fingerprint density at radius 2 is 1.52 bits per heavy atom. The molecule has 3 aromatic carbocycles. The van der Waals surface area contributed by atoms with Crippen LogP contribution in [0.3, 0.4) is 0 Å². The van der Waals surface area contributed by atoms with E-state index < -0.39 is 29.7 Å². The number of imide groups is 2. The highest BCUT2D eigenvalue weighted by Crippen LogP contribution is 2.38. The number of para-hydroxylation sites is 1. The maximum Gasteiger partial charge on any atom is 0.266 e. The maximum atomic E-state index is 13.3. The predicted molar refractivity (Wildman–Crippen MR) is 241 cm³/mol. The molecule has 5 amide bonds. The molecule has 1 saturated carbocycles. The average Bonchev–Trinajstić information content (AvgIpc) is 3.84. The number of nitrogens with one attached hydrogen (secondary N) is 2. The van der Waals surface area contributed by atoms with Gasteiger partial charge in [-0.2, -0.15) is 5.10 Å². The molecule has 17 nitrogen and oxygen atoms in total. The molecule has 2 aromatic heterocycles. The van der Waals surface area contributed by atoms with Crippen LogP contribution in [0.5, 0.6) is 17.2 Å². The van der Waals surface area contributed by atoms with Crippen LogP contribution in [0.25, 0.3) is 22.3 Å². The third-order valence-corrected chi connectivity index (χ3v) is 13.1. The second kappa shape index (κ2) is 19.6. The quantitative estimate of drug-likeness (QED) is 0.0870. The number of amides is 5. The first-order valence-electron chi connectivity index (χ1n) is 22.7. The number of nitrogens with zero attached hydrogens (tertiary/aromatic N) is 7. The Hall–Kier alpha value is -6.72. The number of carbonyl (C=O) groups excluding carboxylic acids is 5. The number of aromatic nitrogens is 4. The number of anilines is 1. The Morgan fingerprint density at radius 1 is 0.785 bits per heavy atom. The van der Waals surface area contributed by atoms with Crippen molar-refractivity contribution in [1.82, 2.24) is 45.1 Å². The SMILES string of the molecule is Nc1ncnc2c1c(-c1ccc(Oc3ccccc3)cc1)nn2[C@H]1CC[C@H](N2CCN(CCCCCCNC(=O)COc3cccc4c3C(=O)N(C3CCC(=O)NC3=O)C4=O)CC2)CC1. The van der Waals surface area contributed by atoms with E-state index in [1.165, 1.54) is 18.5 Å². The van der Waals surface area contributed by atoms with Crippen molar-refractivity contribution in [2.45, 2.75) is 82.3 Å². The number of piperidine rings is 1. The van der Waals surface area contributed by atoms with Crippen LogP contribution in [0.4, 0.5) is 5.82 Å². The van der Waals surface area contributed by atoms with Gasteiger partial charge in [0.15, 0.2) is 12.3 Å². The van der Waals surface area contributed by atoms with Gasteiger partial charge in [0, 0.05) is 50.7 Å². The van der Waals surface area contributed by atoms with E-state index in [2.05, 4.69) is 35.1 Å². The summed E-state index contributed by atoms with van der Waals surface area (Å²) in [6, 6.07) is 21.9. The molecule has 3 fully saturated rings. The predicted octanol–water partition coefficient (Wildman–Crippen LogP) is 5.13. The molecular formula is C48H54N10O7. The zero-order valence-corrected chi connectivity index (χ0v) is 36.3. The molecule has 1 atom stereocenters. The molecule has 0 bridgehead atoms. The third-order valence-electron chi connectivity index (χ3n) is 13.1.